The van der Waals surface area contributed by atoms with Gasteiger partial charge in [-0.15, -0.1) is 0 Å². The summed E-state index contributed by atoms with van der Waals surface area (Å²) in [6, 6.07) is 11.9. The van der Waals surface area contributed by atoms with E-state index in [4.69, 9.17) is 5.11 Å². The van der Waals surface area contributed by atoms with Crippen LogP contribution in [0.3, 0.4) is 0 Å². The zero-order valence-electron chi connectivity index (χ0n) is 11.8. The lowest BCUT2D eigenvalue weighted by molar-refractivity contribution is 0.0685. The molecule has 0 fully saturated rings. The second kappa shape index (κ2) is 7.13. The van der Waals surface area contributed by atoms with Gasteiger partial charge in [0.05, 0.1) is 11.1 Å². The first-order valence-electron chi connectivity index (χ1n) is 6.80. The SMILES string of the molecule is O=C(O)c1ccc(Cc2cccc(CCS)c2C(=O)O)cc1. The van der Waals surface area contributed by atoms with Crippen LogP contribution >= 0.6 is 12.6 Å². The van der Waals surface area contributed by atoms with E-state index in [1.165, 1.54) is 12.1 Å². The standard InChI is InChI=1S/C17H16O4S/c18-16(19)13-6-4-11(5-7-13)10-14-3-1-2-12(8-9-22)15(14)17(20)21/h1-7,22H,8-10H2,(H,18,19)(H,20,21). The second-order valence-electron chi connectivity index (χ2n) is 4.91. The number of thiol groups is 1. The Labute approximate surface area is 133 Å². The van der Waals surface area contributed by atoms with Crippen molar-refractivity contribution in [2.24, 2.45) is 0 Å². The van der Waals surface area contributed by atoms with Crippen molar-refractivity contribution in [2.45, 2.75) is 12.8 Å². The van der Waals surface area contributed by atoms with E-state index in [0.717, 1.165) is 16.7 Å². The first kappa shape index (κ1) is 16.1. The molecule has 0 aromatic heterocycles. The predicted molar refractivity (Wildman–Crippen MR) is 87.2 cm³/mol. The van der Waals surface area contributed by atoms with Crippen LogP contribution in [0.2, 0.25) is 0 Å². The van der Waals surface area contributed by atoms with E-state index in [0.29, 0.717) is 24.2 Å². The van der Waals surface area contributed by atoms with E-state index in [2.05, 4.69) is 12.6 Å². The van der Waals surface area contributed by atoms with Crippen molar-refractivity contribution in [3.8, 4) is 0 Å². The minimum absolute atomic E-state index is 0.214. The van der Waals surface area contributed by atoms with Gasteiger partial charge in [-0.3, -0.25) is 0 Å². The van der Waals surface area contributed by atoms with Gasteiger partial charge in [0.2, 0.25) is 0 Å². The molecule has 22 heavy (non-hydrogen) atoms. The molecule has 0 aliphatic rings. The fourth-order valence-corrected chi connectivity index (χ4v) is 2.63. The van der Waals surface area contributed by atoms with E-state index in [1.54, 1.807) is 24.3 Å². The van der Waals surface area contributed by atoms with Crippen molar-refractivity contribution in [3.63, 3.8) is 0 Å². The highest BCUT2D eigenvalue weighted by Crippen LogP contribution is 2.20. The quantitative estimate of drug-likeness (QED) is 0.716. The van der Waals surface area contributed by atoms with Crippen LogP contribution in [0.25, 0.3) is 0 Å². The highest BCUT2D eigenvalue weighted by atomic mass is 32.1. The summed E-state index contributed by atoms with van der Waals surface area (Å²) in [4.78, 5) is 22.4. The Hall–Kier alpha value is -2.27. The average Bonchev–Trinajstić information content (AvgIpc) is 2.48. The Morgan fingerprint density at radius 2 is 1.55 bits per heavy atom. The molecule has 0 bridgehead atoms. The minimum Gasteiger partial charge on any atom is -0.478 e. The summed E-state index contributed by atoms with van der Waals surface area (Å²) in [5.74, 6) is -1.35. The van der Waals surface area contributed by atoms with Gasteiger partial charge >= 0.3 is 11.9 Å². The maximum absolute atomic E-state index is 11.5. The van der Waals surface area contributed by atoms with Gasteiger partial charge in [-0.2, -0.15) is 12.6 Å². The topological polar surface area (TPSA) is 74.6 Å². The van der Waals surface area contributed by atoms with E-state index in [-0.39, 0.29) is 5.56 Å². The zero-order chi connectivity index (χ0) is 16.1. The summed E-state index contributed by atoms with van der Waals surface area (Å²) in [7, 11) is 0. The summed E-state index contributed by atoms with van der Waals surface area (Å²) in [6.07, 6.45) is 1.04. The van der Waals surface area contributed by atoms with Gasteiger partial charge < -0.3 is 10.2 Å². The van der Waals surface area contributed by atoms with Gasteiger partial charge in [0.1, 0.15) is 0 Å². The summed E-state index contributed by atoms with van der Waals surface area (Å²) in [5.41, 5.74) is 2.89. The third-order valence-electron chi connectivity index (χ3n) is 3.43. The Morgan fingerprint density at radius 1 is 0.909 bits per heavy atom. The highest BCUT2D eigenvalue weighted by molar-refractivity contribution is 7.80. The molecule has 5 heteroatoms. The number of aromatic carboxylic acids is 2. The van der Waals surface area contributed by atoms with Crippen molar-refractivity contribution in [2.75, 3.05) is 5.75 Å². The van der Waals surface area contributed by atoms with Crippen molar-refractivity contribution in [1.82, 2.24) is 0 Å². The first-order valence-corrected chi connectivity index (χ1v) is 7.43. The molecule has 0 spiro atoms. The number of hydrogen-bond donors (Lipinski definition) is 3. The third-order valence-corrected chi connectivity index (χ3v) is 3.65. The molecule has 0 amide bonds. The molecule has 0 heterocycles. The van der Waals surface area contributed by atoms with E-state index in [1.807, 2.05) is 6.07 Å². The molecule has 4 nitrogen and oxygen atoms in total. The van der Waals surface area contributed by atoms with Crippen LogP contribution in [0.5, 0.6) is 0 Å². The van der Waals surface area contributed by atoms with Crippen LogP contribution in [0.4, 0.5) is 0 Å². The van der Waals surface area contributed by atoms with Crippen molar-refractivity contribution in [3.05, 3.63) is 70.3 Å². The average molecular weight is 316 g/mol. The molecule has 0 atom stereocenters. The Bertz CT molecular complexity index is 692. The molecule has 0 aliphatic carbocycles. The van der Waals surface area contributed by atoms with Crippen LogP contribution in [0.1, 0.15) is 37.4 Å². The predicted octanol–water partition coefficient (Wildman–Crippen LogP) is 3.15. The summed E-state index contributed by atoms with van der Waals surface area (Å²) in [5, 5.41) is 18.4. The summed E-state index contributed by atoms with van der Waals surface area (Å²) in [6.45, 7) is 0. The van der Waals surface area contributed by atoms with E-state index < -0.39 is 11.9 Å². The Morgan fingerprint density at radius 3 is 2.09 bits per heavy atom. The Kier molecular flexibility index (Phi) is 5.22. The van der Waals surface area contributed by atoms with Crippen LogP contribution in [-0.4, -0.2) is 27.9 Å². The number of carboxylic acids is 2. The van der Waals surface area contributed by atoms with Crippen molar-refractivity contribution in [1.29, 1.82) is 0 Å². The van der Waals surface area contributed by atoms with Gasteiger partial charge in [-0.25, -0.2) is 9.59 Å². The number of aryl methyl sites for hydroxylation is 1. The molecule has 2 aromatic carbocycles. The number of carboxylic acid groups (broad SMARTS) is 2. The second-order valence-corrected chi connectivity index (χ2v) is 5.36. The third kappa shape index (κ3) is 3.68. The summed E-state index contributed by atoms with van der Waals surface area (Å²) < 4.78 is 0. The molecule has 0 aliphatic heterocycles. The molecule has 2 rings (SSSR count). The smallest absolute Gasteiger partial charge is 0.336 e. The van der Waals surface area contributed by atoms with Crippen LogP contribution in [-0.2, 0) is 12.8 Å². The van der Waals surface area contributed by atoms with Gasteiger partial charge in [-0.1, -0.05) is 30.3 Å². The van der Waals surface area contributed by atoms with E-state index >= 15 is 0 Å². The van der Waals surface area contributed by atoms with Gasteiger partial charge in [0.15, 0.2) is 0 Å². The first-order chi connectivity index (χ1) is 10.5. The molecule has 2 N–H and O–H groups in total. The van der Waals surface area contributed by atoms with Crippen molar-refractivity contribution < 1.29 is 19.8 Å². The van der Waals surface area contributed by atoms with E-state index in [9.17, 15) is 14.7 Å². The van der Waals surface area contributed by atoms with Gasteiger partial charge in [-0.05, 0) is 47.4 Å². The fourth-order valence-electron chi connectivity index (χ4n) is 2.39. The van der Waals surface area contributed by atoms with Crippen LogP contribution in [0.15, 0.2) is 42.5 Å². The monoisotopic (exact) mass is 316 g/mol. The molecule has 114 valence electrons. The van der Waals surface area contributed by atoms with Gasteiger partial charge in [0, 0.05) is 0 Å². The highest BCUT2D eigenvalue weighted by Gasteiger charge is 2.15. The largest absolute Gasteiger partial charge is 0.478 e. The lowest BCUT2D eigenvalue weighted by atomic mass is 9.94. The molecule has 0 radical (unpaired) electrons. The number of carbonyl (C=O) groups is 2. The lowest BCUT2D eigenvalue weighted by Crippen LogP contribution is -2.08. The molecule has 2 aromatic rings. The van der Waals surface area contributed by atoms with Crippen LogP contribution in [0, 0.1) is 0 Å². The minimum atomic E-state index is -0.978. The number of rotatable bonds is 6. The zero-order valence-corrected chi connectivity index (χ0v) is 12.7. The number of hydrogen-bond acceptors (Lipinski definition) is 3. The van der Waals surface area contributed by atoms with Crippen LogP contribution < -0.4 is 0 Å². The number of benzene rings is 2. The maximum atomic E-state index is 11.5. The fraction of sp³-hybridized carbons (Fsp3) is 0.176. The molecule has 0 unspecified atom stereocenters. The summed E-state index contributed by atoms with van der Waals surface area (Å²) >= 11 is 4.16. The Balaban J connectivity index is 2.34. The maximum Gasteiger partial charge on any atom is 0.336 e. The molecular formula is C17H16O4S. The molecule has 0 saturated carbocycles. The van der Waals surface area contributed by atoms with Gasteiger partial charge in [0.25, 0.3) is 0 Å². The normalized spacial score (nSPS) is 10.4. The van der Waals surface area contributed by atoms with Crippen molar-refractivity contribution >= 4 is 24.6 Å². The lowest BCUT2D eigenvalue weighted by Gasteiger charge is -2.11. The molecular weight excluding hydrogens is 300 g/mol. The molecule has 0 saturated heterocycles.